The number of rotatable bonds is 16. The molecular weight excluding hydrogens is 542 g/mol. The molecule has 0 aromatic heterocycles. The van der Waals surface area contributed by atoms with E-state index in [2.05, 4.69) is 54.7 Å². The zero-order valence-corrected chi connectivity index (χ0v) is 28.3. The maximum absolute atomic E-state index is 15.0. The van der Waals surface area contributed by atoms with E-state index >= 15 is 0 Å². The van der Waals surface area contributed by atoms with Gasteiger partial charge in [0.15, 0.2) is 0 Å². The molecule has 0 radical (unpaired) electrons. The standard InChI is InChI=1S/C35H59N3O5/c1-11-18-36(19-12-2)29(40)26-27-30(41)37(21-16-14-15-17-22-39)28(35(27)23-25(4)34(26,10)43-35)31(42)38(20-13-3)33(8,9)24-32(5,6)7/h11,13,25-28,39H,1,3,12,14-24H2,2,4-10H3/t25?,26-,27-,28?,34+,35?/m0/s1. The fourth-order valence-corrected chi connectivity index (χ4v) is 8.60. The molecule has 0 aromatic carbocycles. The third-order valence-electron chi connectivity index (χ3n) is 10.0. The summed E-state index contributed by atoms with van der Waals surface area (Å²) in [7, 11) is 0. The number of carbonyl (C=O) groups excluding carboxylic acids is 3. The number of hydrogen-bond donors (Lipinski definition) is 1. The molecule has 3 heterocycles. The lowest BCUT2D eigenvalue weighted by atomic mass is 9.62. The lowest BCUT2D eigenvalue weighted by Crippen LogP contribution is -2.61. The molecule has 8 nitrogen and oxygen atoms in total. The smallest absolute Gasteiger partial charge is 0.249 e. The first kappa shape index (κ1) is 35.3. The van der Waals surface area contributed by atoms with Crippen LogP contribution in [0.15, 0.2) is 25.3 Å². The van der Waals surface area contributed by atoms with Crippen molar-refractivity contribution in [3.05, 3.63) is 25.3 Å². The SMILES string of the molecule is C=CCN(CCC)C(=O)[C@@H]1[C@H]2C(=O)N(CCCCCCO)C(C(=O)N(CC=C)C(C)(C)CC(C)(C)C)C23CC(C)[C@@]1(C)O3. The number of hydrogen-bond acceptors (Lipinski definition) is 5. The van der Waals surface area contributed by atoms with Crippen LogP contribution in [0.4, 0.5) is 0 Å². The molecule has 8 heteroatoms. The number of unbranched alkanes of at least 4 members (excludes halogenated alkanes) is 3. The molecule has 3 rings (SSSR count). The van der Waals surface area contributed by atoms with Gasteiger partial charge in [0.05, 0.1) is 17.4 Å². The second-order valence-corrected chi connectivity index (χ2v) is 15.2. The molecule has 3 unspecified atom stereocenters. The van der Waals surface area contributed by atoms with Crippen LogP contribution in [-0.2, 0) is 19.1 Å². The summed E-state index contributed by atoms with van der Waals surface area (Å²) in [6.45, 7) is 26.5. The fraction of sp³-hybridized carbons (Fsp3) is 0.800. The van der Waals surface area contributed by atoms with E-state index in [4.69, 9.17) is 4.74 Å². The molecule has 1 spiro atoms. The highest BCUT2D eigenvalue weighted by Crippen LogP contribution is 2.65. The number of likely N-dealkylation sites (tertiary alicyclic amines) is 1. The zero-order valence-electron chi connectivity index (χ0n) is 28.3. The molecule has 0 aromatic rings. The quantitative estimate of drug-likeness (QED) is 0.194. The number of aliphatic hydroxyl groups is 1. The lowest BCUT2D eigenvalue weighted by molar-refractivity contribution is -0.158. The minimum atomic E-state index is -1.07. The fourth-order valence-electron chi connectivity index (χ4n) is 8.60. The van der Waals surface area contributed by atoms with Crippen LogP contribution in [0.1, 0.15) is 100 Å². The summed E-state index contributed by atoms with van der Waals surface area (Å²) in [5.74, 6) is -1.73. The molecule has 3 amide bonds. The molecule has 2 bridgehead atoms. The maximum atomic E-state index is 15.0. The Morgan fingerprint density at radius 1 is 1.07 bits per heavy atom. The van der Waals surface area contributed by atoms with Crippen molar-refractivity contribution < 1.29 is 24.2 Å². The number of nitrogens with zero attached hydrogens (tertiary/aromatic N) is 3. The van der Waals surface area contributed by atoms with E-state index < -0.39 is 34.6 Å². The first-order valence-electron chi connectivity index (χ1n) is 16.5. The topological polar surface area (TPSA) is 90.4 Å². The van der Waals surface area contributed by atoms with Crippen molar-refractivity contribution in [1.29, 1.82) is 0 Å². The molecule has 3 aliphatic rings. The van der Waals surface area contributed by atoms with E-state index in [1.807, 2.05) is 18.7 Å². The van der Waals surface area contributed by atoms with Gasteiger partial charge < -0.3 is 24.5 Å². The number of fused-ring (bicyclic) bond motifs is 1. The van der Waals surface area contributed by atoms with Crippen molar-refractivity contribution in [1.82, 2.24) is 14.7 Å². The molecule has 244 valence electrons. The van der Waals surface area contributed by atoms with E-state index in [-0.39, 0.29) is 35.7 Å². The second-order valence-electron chi connectivity index (χ2n) is 15.2. The van der Waals surface area contributed by atoms with Crippen molar-refractivity contribution in [2.45, 2.75) is 123 Å². The molecule has 3 aliphatic heterocycles. The van der Waals surface area contributed by atoms with Crippen LogP contribution in [0.3, 0.4) is 0 Å². The van der Waals surface area contributed by atoms with Gasteiger partial charge in [0, 0.05) is 38.3 Å². The molecular formula is C35H59N3O5. The summed E-state index contributed by atoms with van der Waals surface area (Å²) < 4.78 is 7.00. The van der Waals surface area contributed by atoms with Crippen molar-refractivity contribution in [2.24, 2.45) is 23.2 Å². The van der Waals surface area contributed by atoms with Gasteiger partial charge in [0.2, 0.25) is 17.7 Å². The summed E-state index contributed by atoms with van der Waals surface area (Å²) in [4.78, 5) is 49.3. The third-order valence-corrected chi connectivity index (χ3v) is 10.0. The Hall–Kier alpha value is -2.19. The molecule has 3 saturated heterocycles. The van der Waals surface area contributed by atoms with Crippen LogP contribution in [-0.4, -0.2) is 93.1 Å². The number of ether oxygens (including phenoxy) is 1. The highest BCUT2D eigenvalue weighted by molar-refractivity contribution is 5.99. The Kier molecular flexibility index (Phi) is 11.0. The second kappa shape index (κ2) is 13.4. The number of carbonyl (C=O) groups is 3. The van der Waals surface area contributed by atoms with Gasteiger partial charge in [-0.3, -0.25) is 14.4 Å². The van der Waals surface area contributed by atoms with Crippen molar-refractivity contribution in [3.8, 4) is 0 Å². The summed E-state index contributed by atoms with van der Waals surface area (Å²) in [6, 6.07) is -0.817. The number of amides is 3. The monoisotopic (exact) mass is 601 g/mol. The van der Waals surface area contributed by atoms with Gasteiger partial charge in [0.25, 0.3) is 0 Å². The van der Waals surface area contributed by atoms with Gasteiger partial charge in [-0.1, -0.05) is 59.6 Å². The minimum absolute atomic E-state index is 0.00653. The van der Waals surface area contributed by atoms with Crippen LogP contribution in [0, 0.1) is 23.2 Å². The Morgan fingerprint density at radius 2 is 1.70 bits per heavy atom. The normalized spacial score (nSPS) is 30.0. The summed E-state index contributed by atoms with van der Waals surface area (Å²) in [5, 5.41) is 9.25. The molecule has 1 N–H and O–H groups in total. The van der Waals surface area contributed by atoms with E-state index in [9.17, 15) is 19.5 Å². The van der Waals surface area contributed by atoms with Crippen molar-refractivity contribution >= 4 is 17.7 Å². The molecule has 3 fully saturated rings. The largest absolute Gasteiger partial charge is 0.396 e. The molecule has 0 aliphatic carbocycles. The average Bonchev–Trinajstić information content (AvgIpc) is 3.41. The van der Waals surface area contributed by atoms with Crippen LogP contribution in [0.25, 0.3) is 0 Å². The summed E-state index contributed by atoms with van der Waals surface area (Å²) in [5.41, 5.74) is -2.45. The van der Waals surface area contributed by atoms with E-state index in [1.165, 1.54) is 0 Å². The molecule has 43 heavy (non-hydrogen) atoms. The van der Waals surface area contributed by atoms with E-state index in [0.717, 1.165) is 32.1 Å². The molecule has 0 saturated carbocycles. The Bertz CT molecular complexity index is 1050. The van der Waals surface area contributed by atoms with Crippen molar-refractivity contribution in [2.75, 3.05) is 32.8 Å². The Labute approximate surface area is 260 Å². The van der Waals surface area contributed by atoms with E-state index in [0.29, 0.717) is 39.0 Å². The highest BCUT2D eigenvalue weighted by atomic mass is 16.5. The van der Waals surface area contributed by atoms with E-state index in [1.54, 1.807) is 22.0 Å². The first-order chi connectivity index (χ1) is 20.1. The minimum Gasteiger partial charge on any atom is -0.396 e. The predicted molar refractivity (Wildman–Crippen MR) is 171 cm³/mol. The summed E-state index contributed by atoms with van der Waals surface area (Å²) >= 11 is 0. The third kappa shape index (κ3) is 6.61. The van der Waals surface area contributed by atoms with Crippen molar-refractivity contribution in [3.63, 3.8) is 0 Å². The van der Waals surface area contributed by atoms with Crippen LogP contribution in [0.2, 0.25) is 0 Å². The Morgan fingerprint density at radius 3 is 2.26 bits per heavy atom. The average molecular weight is 602 g/mol. The van der Waals surface area contributed by atoms with Crippen LogP contribution in [0.5, 0.6) is 0 Å². The van der Waals surface area contributed by atoms with Gasteiger partial charge in [-0.15, -0.1) is 13.2 Å². The van der Waals surface area contributed by atoms with Crippen LogP contribution < -0.4 is 0 Å². The van der Waals surface area contributed by atoms with Gasteiger partial charge in [0.1, 0.15) is 11.6 Å². The zero-order chi connectivity index (χ0) is 32.4. The van der Waals surface area contributed by atoms with Gasteiger partial charge in [-0.2, -0.15) is 0 Å². The van der Waals surface area contributed by atoms with Gasteiger partial charge >= 0.3 is 0 Å². The molecule has 6 atom stereocenters. The Balaban J connectivity index is 2.12. The lowest BCUT2D eigenvalue weighted by Gasteiger charge is -2.45. The summed E-state index contributed by atoms with van der Waals surface area (Å²) in [6.07, 6.45) is 8.73. The first-order valence-corrected chi connectivity index (χ1v) is 16.5. The van der Waals surface area contributed by atoms with Crippen LogP contribution >= 0.6 is 0 Å². The highest BCUT2D eigenvalue weighted by Gasteiger charge is 2.80. The van der Waals surface area contributed by atoms with Gasteiger partial charge in [-0.25, -0.2) is 0 Å². The van der Waals surface area contributed by atoms with Gasteiger partial charge in [-0.05, 0) is 64.2 Å². The number of aliphatic hydroxyl groups excluding tert-OH is 1. The predicted octanol–water partition coefficient (Wildman–Crippen LogP) is 5.20. The maximum Gasteiger partial charge on any atom is 0.249 e.